The Morgan fingerprint density at radius 1 is 1.24 bits per heavy atom. The Hall–Kier alpha value is -1.10. The van der Waals surface area contributed by atoms with Gasteiger partial charge in [-0.1, -0.05) is 27.7 Å². The molecule has 0 aromatic heterocycles. The van der Waals surface area contributed by atoms with Crippen LogP contribution in [0.15, 0.2) is 0 Å². The number of nitrogens with two attached hydrogens (primary N) is 1. The number of nitrogens with zero attached hydrogens (tertiary/aromatic N) is 1. The highest BCUT2D eigenvalue weighted by Crippen LogP contribution is 2.01. The van der Waals surface area contributed by atoms with Gasteiger partial charge in [0.1, 0.15) is 0 Å². The highest BCUT2D eigenvalue weighted by molar-refractivity contribution is 5.83. The lowest BCUT2D eigenvalue weighted by Crippen LogP contribution is -2.41. The van der Waals surface area contributed by atoms with Gasteiger partial charge in [0, 0.05) is 25.6 Å². The molecule has 100 valence electrons. The van der Waals surface area contributed by atoms with E-state index in [9.17, 15) is 9.59 Å². The summed E-state index contributed by atoms with van der Waals surface area (Å²) in [5.74, 6) is -0.155. The van der Waals surface area contributed by atoms with Crippen LogP contribution in [-0.4, -0.2) is 42.4 Å². The number of amides is 2. The molecule has 0 heterocycles. The maximum Gasteiger partial charge on any atom is 0.237 e. The Labute approximate surface area is 104 Å². The fourth-order valence-electron chi connectivity index (χ4n) is 1.51. The number of hydrogen-bond acceptors (Lipinski definition) is 3. The van der Waals surface area contributed by atoms with Gasteiger partial charge >= 0.3 is 0 Å². The molecule has 17 heavy (non-hydrogen) atoms. The molecule has 0 unspecified atom stereocenters. The van der Waals surface area contributed by atoms with E-state index >= 15 is 0 Å². The molecule has 3 N–H and O–H groups in total. The smallest absolute Gasteiger partial charge is 0.237 e. The molecule has 0 aromatic rings. The van der Waals surface area contributed by atoms with Gasteiger partial charge in [0.15, 0.2) is 0 Å². The Bertz CT molecular complexity index is 252. The second-order valence-electron chi connectivity index (χ2n) is 4.99. The number of carbonyl (C=O) groups excluding carboxylic acids is 2. The standard InChI is InChI=1S/C12H25N3O2/c1-9(2)7-15(8-11(13)16)12(17)5-6-14-10(3)4/h9-10,14H,5-8H2,1-4H3,(H2,13,16). The van der Waals surface area contributed by atoms with Crippen molar-refractivity contribution in [2.45, 2.75) is 40.2 Å². The zero-order chi connectivity index (χ0) is 13.4. The summed E-state index contributed by atoms with van der Waals surface area (Å²) in [6.45, 7) is 9.28. The second kappa shape index (κ2) is 8.06. The molecule has 0 aliphatic heterocycles. The molecule has 0 rings (SSSR count). The third-order valence-electron chi connectivity index (χ3n) is 2.18. The van der Waals surface area contributed by atoms with Gasteiger partial charge in [0.25, 0.3) is 0 Å². The minimum Gasteiger partial charge on any atom is -0.368 e. The van der Waals surface area contributed by atoms with Gasteiger partial charge < -0.3 is 16.0 Å². The van der Waals surface area contributed by atoms with E-state index in [-0.39, 0.29) is 12.5 Å². The predicted octanol–water partition coefficient (Wildman–Crippen LogP) is 0.344. The number of hydrogen-bond donors (Lipinski definition) is 2. The molecule has 0 atom stereocenters. The van der Waals surface area contributed by atoms with E-state index in [1.807, 2.05) is 27.7 Å². The lowest BCUT2D eigenvalue weighted by Gasteiger charge is -2.23. The van der Waals surface area contributed by atoms with Crippen LogP contribution in [0.25, 0.3) is 0 Å². The van der Waals surface area contributed by atoms with Crippen molar-refractivity contribution < 1.29 is 9.59 Å². The number of primary amides is 1. The Kier molecular flexibility index (Phi) is 7.54. The maximum absolute atomic E-state index is 11.9. The molecular formula is C12H25N3O2. The van der Waals surface area contributed by atoms with E-state index in [1.165, 1.54) is 4.90 Å². The molecule has 0 saturated carbocycles. The molecular weight excluding hydrogens is 218 g/mol. The fourth-order valence-corrected chi connectivity index (χ4v) is 1.51. The van der Waals surface area contributed by atoms with Crippen LogP contribution in [0.2, 0.25) is 0 Å². The van der Waals surface area contributed by atoms with Crippen LogP contribution in [0.1, 0.15) is 34.1 Å². The van der Waals surface area contributed by atoms with Crippen LogP contribution in [-0.2, 0) is 9.59 Å². The summed E-state index contributed by atoms with van der Waals surface area (Å²) in [7, 11) is 0. The first kappa shape index (κ1) is 15.9. The molecule has 0 fully saturated rings. The third-order valence-corrected chi connectivity index (χ3v) is 2.18. The topological polar surface area (TPSA) is 75.4 Å². The van der Waals surface area contributed by atoms with Crippen LogP contribution < -0.4 is 11.1 Å². The largest absolute Gasteiger partial charge is 0.368 e. The average Bonchev–Trinajstić information content (AvgIpc) is 2.14. The molecule has 0 aliphatic rings. The van der Waals surface area contributed by atoms with Gasteiger partial charge in [-0.15, -0.1) is 0 Å². The summed E-state index contributed by atoms with van der Waals surface area (Å²) in [6.07, 6.45) is 0.401. The van der Waals surface area contributed by atoms with Crippen LogP contribution in [0.4, 0.5) is 0 Å². The van der Waals surface area contributed by atoms with Crippen LogP contribution in [0, 0.1) is 5.92 Å². The zero-order valence-corrected chi connectivity index (χ0v) is 11.3. The third kappa shape index (κ3) is 8.68. The van der Waals surface area contributed by atoms with Crippen molar-refractivity contribution in [2.75, 3.05) is 19.6 Å². The first-order chi connectivity index (χ1) is 7.82. The number of rotatable bonds is 8. The van der Waals surface area contributed by atoms with Crippen molar-refractivity contribution in [3.63, 3.8) is 0 Å². The van der Waals surface area contributed by atoms with Gasteiger partial charge in [-0.2, -0.15) is 0 Å². The number of nitrogens with one attached hydrogen (secondary N) is 1. The molecule has 0 bridgehead atoms. The van der Waals surface area contributed by atoms with Crippen molar-refractivity contribution in [3.8, 4) is 0 Å². The molecule has 0 aromatic carbocycles. The fraction of sp³-hybridized carbons (Fsp3) is 0.833. The lowest BCUT2D eigenvalue weighted by molar-refractivity contribution is -0.135. The Morgan fingerprint density at radius 2 is 1.82 bits per heavy atom. The molecule has 5 nitrogen and oxygen atoms in total. The zero-order valence-electron chi connectivity index (χ0n) is 11.3. The van der Waals surface area contributed by atoms with Gasteiger partial charge in [-0.3, -0.25) is 9.59 Å². The average molecular weight is 243 g/mol. The van der Waals surface area contributed by atoms with E-state index in [4.69, 9.17) is 5.73 Å². The lowest BCUT2D eigenvalue weighted by atomic mass is 10.2. The quantitative estimate of drug-likeness (QED) is 0.645. The van der Waals surface area contributed by atoms with Crippen molar-refractivity contribution in [2.24, 2.45) is 11.7 Å². The molecule has 0 spiro atoms. The summed E-state index contributed by atoms with van der Waals surface area (Å²) in [6, 6.07) is 0.359. The minimum absolute atomic E-state index is 0.0126. The van der Waals surface area contributed by atoms with Crippen molar-refractivity contribution >= 4 is 11.8 Å². The molecule has 0 saturated heterocycles. The Balaban J connectivity index is 4.17. The van der Waals surface area contributed by atoms with Gasteiger partial charge in [-0.05, 0) is 5.92 Å². The monoisotopic (exact) mass is 243 g/mol. The van der Waals surface area contributed by atoms with E-state index in [0.717, 1.165) is 0 Å². The SMILES string of the molecule is CC(C)CN(CC(N)=O)C(=O)CCNC(C)C. The van der Waals surface area contributed by atoms with E-state index in [0.29, 0.717) is 31.5 Å². The summed E-state index contributed by atoms with van der Waals surface area (Å²) in [4.78, 5) is 24.3. The summed E-state index contributed by atoms with van der Waals surface area (Å²) in [5, 5.41) is 3.17. The summed E-state index contributed by atoms with van der Waals surface area (Å²) in [5.41, 5.74) is 5.14. The Morgan fingerprint density at radius 3 is 2.24 bits per heavy atom. The van der Waals surface area contributed by atoms with E-state index in [2.05, 4.69) is 5.32 Å². The minimum atomic E-state index is -0.462. The van der Waals surface area contributed by atoms with Crippen LogP contribution in [0.3, 0.4) is 0 Å². The highest BCUT2D eigenvalue weighted by atomic mass is 16.2. The molecule has 2 amide bonds. The summed E-state index contributed by atoms with van der Waals surface area (Å²) < 4.78 is 0. The second-order valence-corrected chi connectivity index (χ2v) is 4.99. The number of carbonyl (C=O) groups is 2. The van der Waals surface area contributed by atoms with Crippen LogP contribution >= 0.6 is 0 Å². The van der Waals surface area contributed by atoms with Gasteiger partial charge in [-0.25, -0.2) is 0 Å². The van der Waals surface area contributed by atoms with Crippen LogP contribution in [0.5, 0.6) is 0 Å². The van der Waals surface area contributed by atoms with Crippen molar-refractivity contribution in [1.29, 1.82) is 0 Å². The first-order valence-corrected chi connectivity index (χ1v) is 6.12. The predicted molar refractivity (Wildman–Crippen MR) is 68.4 cm³/mol. The first-order valence-electron chi connectivity index (χ1n) is 6.12. The van der Waals surface area contributed by atoms with Gasteiger partial charge in [0.2, 0.25) is 11.8 Å². The maximum atomic E-state index is 11.9. The normalized spacial score (nSPS) is 10.9. The highest BCUT2D eigenvalue weighted by Gasteiger charge is 2.16. The summed E-state index contributed by atoms with van der Waals surface area (Å²) >= 11 is 0. The molecule has 0 radical (unpaired) electrons. The van der Waals surface area contributed by atoms with Crippen molar-refractivity contribution in [1.82, 2.24) is 10.2 Å². The van der Waals surface area contributed by atoms with Crippen molar-refractivity contribution in [3.05, 3.63) is 0 Å². The van der Waals surface area contributed by atoms with Gasteiger partial charge in [0.05, 0.1) is 6.54 Å². The molecule has 0 aliphatic carbocycles. The molecule has 5 heteroatoms. The van der Waals surface area contributed by atoms with E-state index in [1.54, 1.807) is 0 Å². The van der Waals surface area contributed by atoms with E-state index < -0.39 is 5.91 Å².